The van der Waals surface area contributed by atoms with E-state index in [0.29, 0.717) is 5.88 Å². The summed E-state index contributed by atoms with van der Waals surface area (Å²) < 4.78 is 0. The third-order valence-electron chi connectivity index (χ3n) is 1.85. The van der Waals surface area contributed by atoms with Gasteiger partial charge in [0, 0.05) is 11.9 Å². The molecule has 0 aromatic heterocycles. The molecule has 15 heavy (non-hydrogen) atoms. The molecule has 0 unspecified atom stereocenters. The van der Waals surface area contributed by atoms with Crippen molar-refractivity contribution in [1.29, 1.82) is 0 Å². The maximum atomic E-state index is 10.7. The number of benzene rings is 1. The van der Waals surface area contributed by atoms with Crippen LogP contribution in [0, 0.1) is 17.0 Å². The molecule has 0 bridgehead atoms. The minimum Gasteiger partial charge on any atom is -0.258 e. The fourth-order valence-electron chi connectivity index (χ4n) is 1.12. The van der Waals surface area contributed by atoms with E-state index in [1.54, 1.807) is 12.1 Å². The molecule has 0 heterocycles. The molecule has 82 valence electrons. The average Bonchev–Trinajstić information content (AvgIpc) is 2.18. The molecule has 1 aromatic carbocycles. The molecule has 0 aliphatic carbocycles. The predicted molar refractivity (Wildman–Crippen MR) is 63.9 cm³/mol. The molecule has 1 aromatic rings. The first kappa shape index (κ1) is 12.3. The highest BCUT2D eigenvalue weighted by atomic mass is 35.5. The van der Waals surface area contributed by atoms with Gasteiger partial charge in [-0.1, -0.05) is 6.07 Å². The van der Waals surface area contributed by atoms with Crippen molar-refractivity contribution in [1.82, 2.24) is 0 Å². The Labute approximate surface area is 98.0 Å². The second kappa shape index (κ2) is 5.98. The van der Waals surface area contributed by atoms with Gasteiger partial charge in [0.15, 0.2) is 0 Å². The predicted octanol–water partition coefficient (Wildman–Crippen LogP) is 3.62. The van der Waals surface area contributed by atoms with E-state index in [-0.39, 0.29) is 10.6 Å². The Morgan fingerprint density at radius 2 is 2.27 bits per heavy atom. The van der Waals surface area contributed by atoms with E-state index >= 15 is 0 Å². The normalized spacial score (nSPS) is 10.3. The number of hydrogen-bond acceptors (Lipinski definition) is 3. The molecule has 0 aliphatic rings. The van der Waals surface area contributed by atoms with Gasteiger partial charge in [-0.3, -0.25) is 10.1 Å². The molecule has 0 fully saturated rings. The average molecular weight is 246 g/mol. The summed E-state index contributed by atoms with van der Waals surface area (Å²) in [6.07, 6.45) is 0.858. The number of halogens is 1. The molecule has 0 radical (unpaired) electrons. The topological polar surface area (TPSA) is 43.1 Å². The molecule has 0 atom stereocenters. The molecule has 0 saturated carbocycles. The van der Waals surface area contributed by atoms with Gasteiger partial charge in [-0.2, -0.15) is 0 Å². The number of thioether (sulfide) groups is 1. The molecule has 1 rings (SSSR count). The molecule has 5 heteroatoms. The lowest BCUT2D eigenvalue weighted by atomic mass is 10.2. The molecular weight excluding hydrogens is 234 g/mol. The van der Waals surface area contributed by atoms with E-state index in [4.69, 9.17) is 11.6 Å². The van der Waals surface area contributed by atoms with Gasteiger partial charge in [0.2, 0.25) is 0 Å². The van der Waals surface area contributed by atoms with Crippen LogP contribution < -0.4 is 0 Å². The Kier molecular flexibility index (Phi) is 4.91. The molecule has 0 aliphatic heterocycles. The molecule has 3 nitrogen and oxygen atoms in total. The van der Waals surface area contributed by atoms with Crippen LogP contribution in [0.2, 0.25) is 0 Å². The van der Waals surface area contributed by atoms with Crippen molar-refractivity contribution in [2.24, 2.45) is 0 Å². The maximum Gasteiger partial charge on any atom is 0.282 e. The number of hydrogen-bond donors (Lipinski definition) is 0. The molecule has 0 amide bonds. The molecule has 0 saturated heterocycles. The van der Waals surface area contributed by atoms with E-state index in [0.717, 1.165) is 22.6 Å². The van der Waals surface area contributed by atoms with Crippen LogP contribution in [0.25, 0.3) is 0 Å². The van der Waals surface area contributed by atoms with Crippen molar-refractivity contribution >= 4 is 29.1 Å². The van der Waals surface area contributed by atoms with Crippen LogP contribution in [0.3, 0.4) is 0 Å². The summed E-state index contributed by atoms with van der Waals surface area (Å²) in [6.45, 7) is 1.93. The lowest BCUT2D eigenvalue weighted by Gasteiger charge is -2.03. The van der Waals surface area contributed by atoms with Crippen molar-refractivity contribution in [3.05, 3.63) is 33.9 Å². The lowest BCUT2D eigenvalue weighted by molar-refractivity contribution is -0.387. The van der Waals surface area contributed by atoms with Crippen molar-refractivity contribution in [2.45, 2.75) is 18.2 Å². The minimum absolute atomic E-state index is 0.181. The monoisotopic (exact) mass is 245 g/mol. The Morgan fingerprint density at radius 3 is 2.87 bits per heavy atom. The van der Waals surface area contributed by atoms with Crippen LogP contribution in [-0.4, -0.2) is 16.6 Å². The summed E-state index contributed by atoms with van der Waals surface area (Å²) in [5.41, 5.74) is 1.22. The number of rotatable bonds is 5. The standard InChI is InChI=1S/C10H12ClNO2S/c1-8-3-4-9(12(13)14)10(7-8)15-6-2-5-11/h3-4,7H,2,5-6H2,1H3. The molecule has 0 N–H and O–H groups in total. The Morgan fingerprint density at radius 1 is 1.53 bits per heavy atom. The fourth-order valence-corrected chi connectivity index (χ4v) is 2.48. The summed E-state index contributed by atoms with van der Waals surface area (Å²) in [4.78, 5) is 11.1. The van der Waals surface area contributed by atoms with Crippen molar-refractivity contribution in [2.75, 3.05) is 11.6 Å². The first-order valence-corrected chi connectivity index (χ1v) is 6.11. The smallest absolute Gasteiger partial charge is 0.258 e. The zero-order valence-electron chi connectivity index (χ0n) is 8.40. The zero-order chi connectivity index (χ0) is 11.3. The van der Waals surface area contributed by atoms with Gasteiger partial charge < -0.3 is 0 Å². The summed E-state index contributed by atoms with van der Waals surface area (Å²) in [5, 5.41) is 10.7. The maximum absolute atomic E-state index is 10.7. The van der Waals surface area contributed by atoms with E-state index in [1.165, 1.54) is 11.8 Å². The van der Waals surface area contributed by atoms with Crippen LogP contribution in [0.1, 0.15) is 12.0 Å². The minimum atomic E-state index is -0.345. The third-order valence-corrected chi connectivity index (χ3v) is 3.25. The van der Waals surface area contributed by atoms with Crippen LogP contribution in [-0.2, 0) is 0 Å². The number of nitro groups is 1. The summed E-state index contributed by atoms with van der Waals surface area (Å²) in [6, 6.07) is 5.15. The Balaban J connectivity index is 2.82. The van der Waals surface area contributed by atoms with Crippen LogP contribution in [0.4, 0.5) is 5.69 Å². The Hall–Kier alpha value is -0.740. The lowest BCUT2D eigenvalue weighted by Crippen LogP contribution is -1.92. The van der Waals surface area contributed by atoms with Crippen LogP contribution in [0.15, 0.2) is 23.1 Å². The van der Waals surface area contributed by atoms with E-state index < -0.39 is 0 Å². The van der Waals surface area contributed by atoms with Crippen LogP contribution in [0.5, 0.6) is 0 Å². The van der Waals surface area contributed by atoms with E-state index in [2.05, 4.69) is 0 Å². The van der Waals surface area contributed by atoms with Gasteiger partial charge >= 0.3 is 0 Å². The van der Waals surface area contributed by atoms with E-state index in [1.807, 2.05) is 13.0 Å². The summed E-state index contributed by atoms with van der Waals surface area (Å²) >= 11 is 7.04. The number of aryl methyl sites for hydroxylation is 1. The second-order valence-corrected chi connectivity index (χ2v) is 4.63. The highest BCUT2D eigenvalue weighted by Crippen LogP contribution is 2.30. The van der Waals surface area contributed by atoms with Gasteiger partial charge in [0.1, 0.15) is 0 Å². The van der Waals surface area contributed by atoms with Gasteiger partial charge in [-0.15, -0.1) is 23.4 Å². The van der Waals surface area contributed by atoms with Gasteiger partial charge in [0.05, 0.1) is 9.82 Å². The van der Waals surface area contributed by atoms with Crippen molar-refractivity contribution in [3.8, 4) is 0 Å². The molecular formula is C10H12ClNO2S. The highest BCUT2D eigenvalue weighted by molar-refractivity contribution is 7.99. The van der Waals surface area contributed by atoms with E-state index in [9.17, 15) is 10.1 Å². The second-order valence-electron chi connectivity index (χ2n) is 3.12. The SMILES string of the molecule is Cc1ccc([N+](=O)[O-])c(SCCCCl)c1. The third kappa shape index (κ3) is 3.72. The summed E-state index contributed by atoms with van der Waals surface area (Å²) in [7, 11) is 0. The highest BCUT2D eigenvalue weighted by Gasteiger charge is 2.13. The number of nitrogens with zero attached hydrogens (tertiary/aromatic N) is 1. The first-order chi connectivity index (χ1) is 7.15. The van der Waals surface area contributed by atoms with Gasteiger partial charge in [-0.05, 0) is 30.7 Å². The van der Waals surface area contributed by atoms with Crippen molar-refractivity contribution in [3.63, 3.8) is 0 Å². The quantitative estimate of drug-likeness (QED) is 0.262. The zero-order valence-corrected chi connectivity index (χ0v) is 9.98. The number of nitro benzene ring substituents is 1. The van der Waals surface area contributed by atoms with Gasteiger partial charge in [-0.25, -0.2) is 0 Å². The first-order valence-electron chi connectivity index (χ1n) is 4.59. The van der Waals surface area contributed by atoms with Crippen LogP contribution >= 0.6 is 23.4 Å². The van der Waals surface area contributed by atoms with Gasteiger partial charge in [0.25, 0.3) is 5.69 Å². The largest absolute Gasteiger partial charge is 0.282 e. The Bertz CT molecular complexity index is 357. The fraction of sp³-hybridized carbons (Fsp3) is 0.400. The molecule has 0 spiro atoms. The number of alkyl halides is 1. The summed E-state index contributed by atoms with van der Waals surface area (Å²) in [5.74, 6) is 1.40. The van der Waals surface area contributed by atoms with Crippen molar-refractivity contribution < 1.29 is 4.92 Å².